The Bertz CT molecular complexity index is 528. The van der Waals surface area contributed by atoms with Gasteiger partial charge in [-0.2, -0.15) is 0 Å². The standard InChI is InChI=1S/C16H18FNO/c1-19-16-8-3-2-6-14(16)12-18-10-9-13-5-4-7-15(17)11-13/h2-8,11,18H,9-10,12H2,1H3/p+1. The lowest BCUT2D eigenvalue weighted by molar-refractivity contribution is -0.670. The third-order valence-corrected chi connectivity index (χ3v) is 3.08. The number of methoxy groups -OCH3 is 1. The fraction of sp³-hybridized carbons (Fsp3) is 0.250. The Morgan fingerprint density at radius 2 is 1.95 bits per heavy atom. The van der Waals surface area contributed by atoms with Gasteiger partial charge in [0.25, 0.3) is 0 Å². The third kappa shape index (κ3) is 4.07. The molecule has 0 radical (unpaired) electrons. The summed E-state index contributed by atoms with van der Waals surface area (Å²) in [7, 11) is 1.69. The molecule has 0 spiro atoms. The van der Waals surface area contributed by atoms with Crippen molar-refractivity contribution in [2.45, 2.75) is 13.0 Å². The summed E-state index contributed by atoms with van der Waals surface area (Å²) in [4.78, 5) is 0. The summed E-state index contributed by atoms with van der Waals surface area (Å²) < 4.78 is 18.3. The molecule has 3 heteroatoms. The summed E-state index contributed by atoms with van der Waals surface area (Å²) in [6.45, 7) is 1.81. The molecule has 0 fully saturated rings. The fourth-order valence-corrected chi connectivity index (χ4v) is 2.09. The van der Waals surface area contributed by atoms with Crippen LogP contribution in [0.3, 0.4) is 0 Å². The molecule has 19 heavy (non-hydrogen) atoms. The molecule has 2 aromatic carbocycles. The zero-order valence-electron chi connectivity index (χ0n) is 11.1. The summed E-state index contributed by atoms with van der Waals surface area (Å²) >= 11 is 0. The molecule has 0 saturated carbocycles. The molecule has 2 aromatic rings. The Morgan fingerprint density at radius 3 is 2.74 bits per heavy atom. The van der Waals surface area contributed by atoms with Crippen LogP contribution in [0.15, 0.2) is 48.5 Å². The van der Waals surface area contributed by atoms with Crippen LogP contribution in [0.1, 0.15) is 11.1 Å². The lowest BCUT2D eigenvalue weighted by Crippen LogP contribution is -2.83. The number of ether oxygens (including phenoxy) is 1. The van der Waals surface area contributed by atoms with Crippen molar-refractivity contribution in [3.8, 4) is 5.75 Å². The molecule has 0 aliphatic rings. The van der Waals surface area contributed by atoms with Crippen LogP contribution in [0.4, 0.5) is 4.39 Å². The molecule has 0 amide bonds. The van der Waals surface area contributed by atoms with Crippen LogP contribution in [-0.2, 0) is 13.0 Å². The van der Waals surface area contributed by atoms with Gasteiger partial charge in [-0.1, -0.05) is 24.3 Å². The third-order valence-electron chi connectivity index (χ3n) is 3.08. The van der Waals surface area contributed by atoms with E-state index in [0.29, 0.717) is 0 Å². The Balaban J connectivity index is 1.81. The van der Waals surface area contributed by atoms with Crippen molar-refractivity contribution in [1.29, 1.82) is 0 Å². The SMILES string of the molecule is COc1ccccc1C[NH2+]CCc1cccc(F)c1. The van der Waals surface area contributed by atoms with Crippen molar-refractivity contribution in [2.24, 2.45) is 0 Å². The molecule has 0 saturated heterocycles. The van der Waals surface area contributed by atoms with Gasteiger partial charge in [-0.05, 0) is 29.8 Å². The quantitative estimate of drug-likeness (QED) is 0.791. The molecule has 100 valence electrons. The molecule has 0 bridgehead atoms. The van der Waals surface area contributed by atoms with Crippen LogP contribution < -0.4 is 10.1 Å². The summed E-state index contributed by atoms with van der Waals surface area (Å²) in [6.07, 6.45) is 0.868. The van der Waals surface area contributed by atoms with Gasteiger partial charge in [0.05, 0.1) is 13.7 Å². The Morgan fingerprint density at radius 1 is 1.11 bits per heavy atom. The molecule has 2 rings (SSSR count). The van der Waals surface area contributed by atoms with Crippen LogP contribution in [0.25, 0.3) is 0 Å². The van der Waals surface area contributed by atoms with E-state index in [-0.39, 0.29) is 5.82 Å². The minimum atomic E-state index is -0.165. The van der Waals surface area contributed by atoms with Crippen LogP contribution in [-0.4, -0.2) is 13.7 Å². The molecule has 0 aliphatic carbocycles. The molecule has 0 unspecified atom stereocenters. The molecule has 2 N–H and O–H groups in total. The number of quaternary nitrogens is 1. The summed E-state index contributed by atoms with van der Waals surface area (Å²) in [5.74, 6) is 0.756. The van der Waals surface area contributed by atoms with E-state index in [4.69, 9.17) is 4.74 Å². The van der Waals surface area contributed by atoms with Gasteiger partial charge in [-0.25, -0.2) is 4.39 Å². The highest BCUT2D eigenvalue weighted by Gasteiger charge is 2.03. The Hall–Kier alpha value is -1.87. The minimum Gasteiger partial charge on any atom is -0.496 e. The Kier molecular flexibility index (Phi) is 4.93. The van der Waals surface area contributed by atoms with Crippen LogP contribution >= 0.6 is 0 Å². The second-order valence-electron chi connectivity index (χ2n) is 4.47. The van der Waals surface area contributed by atoms with E-state index in [1.54, 1.807) is 19.2 Å². The first-order valence-corrected chi connectivity index (χ1v) is 6.47. The number of para-hydroxylation sites is 1. The smallest absolute Gasteiger partial charge is 0.127 e. The summed E-state index contributed by atoms with van der Waals surface area (Å²) in [5.41, 5.74) is 2.22. The van der Waals surface area contributed by atoms with Crippen LogP contribution in [0, 0.1) is 5.82 Å². The second kappa shape index (κ2) is 6.90. The van der Waals surface area contributed by atoms with Gasteiger partial charge in [0, 0.05) is 12.0 Å². The molecule has 0 heterocycles. The van der Waals surface area contributed by atoms with Gasteiger partial charge in [-0.15, -0.1) is 0 Å². The van der Waals surface area contributed by atoms with Crippen LogP contribution in [0.2, 0.25) is 0 Å². The highest BCUT2D eigenvalue weighted by atomic mass is 19.1. The maximum atomic E-state index is 13.0. The van der Waals surface area contributed by atoms with Crippen LogP contribution in [0.5, 0.6) is 5.75 Å². The van der Waals surface area contributed by atoms with Gasteiger partial charge < -0.3 is 10.1 Å². The molecular formula is C16H19FNO+. The first-order chi connectivity index (χ1) is 9.29. The molecule has 0 aromatic heterocycles. The van der Waals surface area contributed by atoms with Crippen molar-refractivity contribution >= 4 is 0 Å². The first kappa shape index (κ1) is 13.6. The first-order valence-electron chi connectivity index (χ1n) is 6.47. The van der Waals surface area contributed by atoms with E-state index < -0.39 is 0 Å². The maximum absolute atomic E-state index is 13.0. The highest BCUT2D eigenvalue weighted by molar-refractivity contribution is 5.32. The monoisotopic (exact) mass is 260 g/mol. The topological polar surface area (TPSA) is 25.8 Å². The summed E-state index contributed by atoms with van der Waals surface area (Å²) in [6, 6.07) is 14.8. The highest BCUT2D eigenvalue weighted by Crippen LogP contribution is 2.15. The largest absolute Gasteiger partial charge is 0.496 e. The maximum Gasteiger partial charge on any atom is 0.127 e. The van der Waals surface area contributed by atoms with Crippen molar-refractivity contribution < 1.29 is 14.4 Å². The molecular weight excluding hydrogens is 241 g/mol. The van der Waals surface area contributed by atoms with Crippen molar-refractivity contribution in [3.63, 3.8) is 0 Å². The zero-order chi connectivity index (χ0) is 13.5. The zero-order valence-corrected chi connectivity index (χ0v) is 11.1. The van der Waals surface area contributed by atoms with Gasteiger partial charge in [0.15, 0.2) is 0 Å². The van der Waals surface area contributed by atoms with E-state index in [1.165, 1.54) is 11.6 Å². The second-order valence-corrected chi connectivity index (χ2v) is 4.47. The fourth-order valence-electron chi connectivity index (χ4n) is 2.09. The van der Waals surface area contributed by atoms with E-state index in [1.807, 2.05) is 24.3 Å². The van der Waals surface area contributed by atoms with Gasteiger partial charge in [0.1, 0.15) is 18.1 Å². The minimum absolute atomic E-state index is 0.165. The van der Waals surface area contributed by atoms with Gasteiger partial charge in [-0.3, -0.25) is 0 Å². The average molecular weight is 260 g/mol. The number of hydrogen-bond acceptors (Lipinski definition) is 1. The van der Waals surface area contributed by atoms with E-state index >= 15 is 0 Å². The van der Waals surface area contributed by atoms with E-state index in [9.17, 15) is 4.39 Å². The normalized spacial score (nSPS) is 10.4. The number of hydrogen-bond donors (Lipinski definition) is 1. The lowest BCUT2D eigenvalue weighted by atomic mass is 10.1. The summed E-state index contributed by atoms with van der Waals surface area (Å²) in [5, 5.41) is 2.21. The van der Waals surface area contributed by atoms with Crippen molar-refractivity contribution in [3.05, 3.63) is 65.5 Å². The molecule has 0 atom stereocenters. The lowest BCUT2D eigenvalue weighted by Gasteiger charge is -2.07. The average Bonchev–Trinajstić information content (AvgIpc) is 2.44. The predicted molar refractivity (Wildman–Crippen MR) is 73.6 cm³/mol. The Labute approximate surface area is 113 Å². The number of rotatable bonds is 6. The van der Waals surface area contributed by atoms with E-state index in [0.717, 1.165) is 30.8 Å². The predicted octanol–water partition coefficient (Wildman–Crippen LogP) is 2.14. The number of nitrogens with two attached hydrogens (primary N) is 1. The van der Waals surface area contributed by atoms with Gasteiger partial charge >= 0.3 is 0 Å². The number of benzene rings is 2. The molecule has 2 nitrogen and oxygen atoms in total. The number of halogens is 1. The van der Waals surface area contributed by atoms with E-state index in [2.05, 4.69) is 11.4 Å². The molecule has 0 aliphatic heterocycles. The van der Waals surface area contributed by atoms with Gasteiger partial charge in [0.2, 0.25) is 0 Å². The van der Waals surface area contributed by atoms with Crippen molar-refractivity contribution in [2.75, 3.05) is 13.7 Å². The van der Waals surface area contributed by atoms with Crippen molar-refractivity contribution in [1.82, 2.24) is 0 Å².